The van der Waals surface area contributed by atoms with E-state index in [0.717, 1.165) is 45.7 Å². The van der Waals surface area contributed by atoms with Crippen LogP contribution in [0.4, 0.5) is 0 Å². The van der Waals surface area contributed by atoms with E-state index < -0.39 is 5.60 Å². The molecule has 3 aromatic heterocycles. The zero-order valence-corrected chi connectivity index (χ0v) is 17.2. The van der Waals surface area contributed by atoms with Crippen molar-refractivity contribution in [3.63, 3.8) is 0 Å². The van der Waals surface area contributed by atoms with Gasteiger partial charge in [0.25, 0.3) is 5.91 Å². The monoisotopic (exact) mass is 411 g/mol. The van der Waals surface area contributed by atoms with Gasteiger partial charge in [0.05, 0.1) is 17.4 Å². The minimum atomic E-state index is -1.08. The molecule has 0 fully saturated rings. The third-order valence-corrected chi connectivity index (χ3v) is 6.23. The van der Waals surface area contributed by atoms with E-state index in [1.165, 1.54) is 0 Å². The van der Waals surface area contributed by atoms with Gasteiger partial charge in [-0.3, -0.25) is 4.79 Å². The number of fused-ring (bicyclic) bond motifs is 9. The van der Waals surface area contributed by atoms with Crippen LogP contribution in [0.25, 0.3) is 16.8 Å². The standard InChI is InChI=1S/C24H21N5O2/c1-24(2,31)23-25-10-14(11-26-23)13-7-8-19-28-20-18-9-17(21(20)29(19)12-13)15-5-3-4-6-16(15)22(30)27-18/h3-8,10-12,17-18,31H,9H2,1-2H3,(H,27,30)/t17-,18-/m0/s1. The molecule has 2 bridgehead atoms. The van der Waals surface area contributed by atoms with Gasteiger partial charge in [-0.15, -0.1) is 0 Å². The lowest BCUT2D eigenvalue weighted by atomic mass is 9.92. The number of nitrogens with one attached hydrogen (secondary N) is 1. The van der Waals surface area contributed by atoms with Crippen LogP contribution >= 0.6 is 0 Å². The Morgan fingerprint density at radius 2 is 1.87 bits per heavy atom. The number of pyridine rings is 1. The molecule has 4 aromatic rings. The number of carbonyl (C=O) groups is 1. The molecule has 0 saturated carbocycles. The first-order valence-corrected chi connectivity index (χ1v) is 10.4. The van der Waals surface area contributed by atoms with Gasteiger partial charge in [0.1, 0.15) is 11.2 Å². The lowest BCUT2D eigenvalue weighted by molar-refractivity contribution is 0.0687. The smallest absolute Gasteiger partial charge is 0.252 e. The lowest BCUT2D eigenvalue weighted by Crippen LogP contribution is -2.26. The van der Waals surface area contributed by atoms with Gasteiger partial charge in [0.2, 0.25) is 0 Å². The molecule has 0 saturated heterocycles. The van der Waals surface area contributed by atoms with Gasteiger partial charge in [0.15, 0.2) is 5.82 Å². The van der Waals surface area contributed by atoms with Crippen LogP contribution in [0.1, 0.15) is 65.4 Å². The Labute approximate surface area is 178 Å². The number of aliphatic hydroxyl groups is 1. The first-order valence-electron chi connectivity index (χ1n) is 10.4. The van der Waals surface area contributed by atoms with Crippen LogP contribution in [-0.4, -0.2) is 30.4 Å². The highest BCUT2D eigenvalue weighted by atomic mass is 16.3. The van der Waals surface area contributed by atoms with Gasteiger partial charge in [-0.25, -0.2) is 15.0 Å². The summed E-state index contributed by atoms with van der Waals surface area (Å²) in [6.07, 6.45) is 6.34. The molecule has 1 aliphatic carbocycles. The van der Waals surface area contributed by atoms with Crippen molar-refractivity contribution < 1.29 is 9.90 Å². The summed E-state index contributed by atoms with van der Waals surface area (Å²) in [5.41, 5.74) is 5.46. The molecule has 0 radical (unpaired) electrons. The van der Waals surface area contributed by atoms with Crippen LogP contribution in [0.15, 0.2) is 55.0 Å². The number of imidazole rings is 1. The summed E-state index contributed by atoms with van der Waals surface area (Å²) in [6.45, 7) is 3.33. The predicted molar refractivity (Wildman–Crippen MR) is 115 cm³/mol. The summed E-state index contributed by atoms with van der Waals surface area (Å²) in [5, 5.41) is 13.3. The van der Waals surface area contributed by atoms with Crippen molar-refractivity contribution in [3.8, 4) is 11.1 Å². The average molecular weight is 411 g/mol. The molecule has 31 heavy (non-hydrogen) atoms. The second-order valence-electron chi connectivity index (χ2n) is 8.78. The second-order valence-corrected chi connectivity index (χ2v) is 8.78. The zero-order valence-electron chi connectivity index (χ0n) is 17.2. The van der Waals surface area contributed by atoms with Gasteiger partial charge in [0, 0.05) is 41.2 Å². The molecule has 6 rings (SSSR count). The van der Waals surface area contributed by atoms with Gasteiger partial charge >= 0.3 is 0 Å². The first-order chi connectivity index (χ1) is 14.9. The summed E-state index contributed by atoms with van der Waals surface area (Å²) >= 11 is 0. The number of amides is 1. The molecule has 4 heterocycles. The van der Waals surface area contributed by atoms with Crippen molar-refractivity contribution in [1.82, 2.24) is 24.7 Å². The van der Waals surface area contributed by atoms with Crippen LogP contribution in [0.3, 0.4) is 0 Å². The molecule has 1 aromatic carbocycles. The summed E-state index contributed by atoms with van der Waals surface area (Å²) in [5.74, 6) is 0.461. The van der Waals surface area contributed by atoms with E-state index in [2.05, 4.69) is 25.9 Å². The fourth-order valence-corrected chi connectivity index (χ4v) is 4.75. The Balaban J connectivity index is 1.49. The van der Waals surface area contributed by atoms with E-state index in [-0.39, 0.29) is 17.9 Å². The summed E-state index contributed by atoms with van der Waals surface area (Å²) in [6, 6.07) is 11.7. The quantitative estimate of drug-likeness (QED) is 0.528. The normalized spacial score (nSPS) is 19.6. The maximum Gasteiger partial charge on any atom is 0.252 e. The Hall–Kier alpha value is -3.58. The first kappa shape index (κ1) is 18.2. The van der Waals surface area contributed by atoms with E-state index in [1.807, 2.05) is 36.4 Å². The van der Waals surface area contributed by atoms with Crippen LogP contribution in [0, 0.1) is 0 Å². The largest absolute Gasteiger partial charge is 0.382 e. The highest BCUT2D eigenvalue weighted by Gasteiger charge is 2.41. The van der Waals surface area contributed by atoms with Crippen LogP contribution in [0.5, 0.6) is 0 Å². The number of hydrogen-bond acceptors (Lipinski definition) is 5. The summed E-state index contributed by atoms with van der Waals surface area (Å²) in [7, 11) is 0. The number of benzene rings is 1. The molecule has 2 aliphatic rings. The lowest BCUT2D eigenvalue weighted by Gasteiger charge is -2.16. The number of aromatic nitrogens is 4. The van der Waals surface area contributed by atoms with Crippen molar-refractivity contribution in [1.29, 1.82) is 0 Å². The average Bonchev–Trinajstić information content (AvgIpc) is 3.25. The number of nitrogens with zero attached hydrogens (tertiary/aromatic N) is 4. The van der Waals surface area contributed by atoms with E-state index in [4.69, 9.17) is 4.98 Å². The zero-order chi connectivity index (χ0) is 21.3. The Bertz CT molecular complexity index is 1350. The Morgan fingerprint density at radius 1 is 1.10 bits per heavy atom. The van der Waals surface area contributed by atoms with Crippen LogP contribution in [0.2, 0.25) is 0 Å². The molecule has 0 unspecified atom stereocenters. The third kappa shape index (κ3) is 2.70. The molecule has 2 atom stereocenters. The molecule has 7 heteroatoms. The molecule has 1 amide bonds. The SMILES string of the molecule is CC(C)(O)c1ncc(-c2ccc3nc4c(n3c2)[C@H]2C[C@@H]4NC(=O)c3ccccc32)cn1. The highest BCUT2D eigenvalue weighted by Crippen LogP contribution is 2.47. The minimum absolute atomic E-state index is 0.0319. The molecule has 154 valence electrons. The number of carbonyl (C=O) groups excluding carboxylic acids is 1. The molecule has 0 spiro atoms. The molecule has 2 N–H and O–H groups in total. The highest BCUT2D eigenvalue weighted by molar-refractivity contribution is 5.97. The van der Waals surface area contributed by atoms with E-state index in [0.29, 0.717) is 5.82 Å². The molecule has 1 aliphatic heterocycles. The van der Waals surface area contributed by atoms with E-state index >= 15 is 0 Å². The Kier molecular flexibility index (Phi) is 3.65. The predicted octanol–water partition coefficient (Wildman–Crippen LogP) is 3.34. The fraction of sp³-hybridized carbons (Fsp3) is 0.250. The number of rotatable bonds is 2. The van der Waals surface area contributed by atoms with Crippen molar-refractivity contribution in [3.05, 3.63) is 83.3 Å². The number of hydrogen-bond donors (Lipinski definition) is 2. The summed E-state index contributed by atoms with van der Waals surface area (Å²) < 4.78 is 2.13. The maximum absolute atomic E-state index is 12.7. The maximum atomic E-state index is 12.7. The topological polar surface area (TPSA) is 92.4 Å². The van der Waals surface area contributed by atoms with Crippen molar-refractivity contribution in [2.75, 3.05) is 0 Å². The minimum Gasteiger partial charge on any atom is -0.382 e. The van der Waals surface area contributed by atoms with Crippen molar-refractivity contribution in [2.45, 2.75) is 37.8 Å². The second kappa shape index (κ2) is 6.21. The fourth-order valence-electron chi connectivity index (χ4n) is 4.75. The van der Waals surface area contributed by atoms with E-state index in [1.54, 1.807) is 26.2 Å². The molecular weight excluding hydrogens is 390 g/mol. The van der Waals surface area contributed by atoms with Crippen molar-refractivity contribution in [2.24, 2.45) is 0 Å². The Morgan fingerprint density at radius 3 is 2.65 bits per heavy atom. The summed E-state index contributed by atoms with van der Waals surface area (Å²) in [4.78, 5) is 26.2. The van der Waals surface area contributed by atoms with Gasteiger partial charge in [-0.1, -0.05) is 18.2 Å². The van der Waals surface area contributed by atoms with Crippen molar-refractivity contribution >= 4 is 11.6 Å². The molecule has 7 nitrogen and oxygen atoms in total. The third-order valence-electron chi connectivity index (χ3n) is 6.23. The van der Waals surface area contributed by atoms with Gasteiger partial charge in [-0.2, -0.15) is 0 Å². The van der Waals surface area contributed by atoms with Gasteiger partial charge in [-0.05, 0) is 44.0 Å². The molecular formula is C24H21N5O2. The van der Waals surface area contributed by atoms with Crippen LogP contribution < -0.4 is 5.32 Å². The van der Waals surface area contributed by atoms with E-state index in [9.17, 15) is 9.90 Å². The van der Waals surface area contributed by atoms with Crippen LogP contribution in [-0.2, 0) is 5.60 Å². The van der Waals surface area contributed by atoms with Gasteiger partial charge < -0.3 is 14.8 Å².